The highest BCUT2D eigenvalue weighted by molar-refractivity contribution is 6.31. The molecule has 1 heterocycles. The molecule has 110 valence electrons. The normalized spacial score (nSPS) is 12.4. The minimum Gasteiger partial charge on any atom is -0.305 e. The number of nitrogens with zero attached hydrogens (tertiary/aromatic N) is 2. The molecule has 19 heavy (non-hydrogen) atoms. The molecule has 3 nitrogen and oxygen atoms in total. The molecule has 0 aliphatic heterocycles. The van der Waals surface area contributed by atoms with Crippen LogP contribution < -0.4 is 5.32 Å². The first-order valence-corrected chi connectivity index (χ1v) is 6.32. The lowest BCUT2D eigenvalue weighted by Gasteiger charge is -2.16. The molecule has 1 N–H and O–H groups in total. The van der Waals surface area contributed by atoms with E-state index in [0.29, 0.717) is 29.4 Å². The molecule has 0 aliphatic carbocycles. The molecule has 0 spiro atoms. The largest absolute Gasteiger partial charge is 0.319 e. The second-order valence-corrected chi connectivity index (χ2v) is 4.42. The minimum absolute atomic E-state index is 0.0258. The van der Waals surface area contributed by atoms with E-state index < -0.39 is 18.9 Å². The van der Waals surface area contributed by atoms with Gasteiger partial charge in [-0.05, 0) is 13.3 Å². The zero-order chi connectivity index (χ0) is 14.6. The van der Waals surface area contributed by atoms with Gasteiger partial charge in [0.15, 0.2) is 0 Å². The summed E-state index contributed by atoms with van der Waals surface area (Å²) < 4.78 is 51.0. The van der Waals surface area contributed by atoms with Crippen LogP contribution in [-0.4, -0.2) is 28.7 Å². The van der Waals surface area contributed by atoms with E-state index in [1.165, 1.54) is 0 Å². The quantitative estimate of drug-likeness (QED) is 0.784. The number of alkyl halides is 4. The monoisotopic (exact) mass is 301 g/mol. The highest BCUT2D eigenvalue weighted by Crippen LogP contribution is 2.23. The van der Waals surface area contributed by atoms with Crippen LogP contribution in [0.3, 0.4) is 0 Å². The molecular weight excluding hydrogens is 286 g/mol. The Morgan fingerprint density at radius 1 is 1.37 bits per heavy atom. The Labute approximate surface area is 113 Å². The van der Waals surface area contributed by atoms with Crippen molar-refractivity contribution in [2.45, 2.75) is 45.7 Å². The molecule has 1 aromatic rings. The maximum absolute atomic E-state index is 12.7. The Bertz CT molecular complexity index is 420. The predicted molar refractivity (Wildman–Crippen MR) is 64.9 cm³/mol. The molecule has 1 aromatic heterocycles. The summed E-state index contributed by atoms with van der Waals surface area (Å²) in [5.41, 5.74) is 1.20. The van der Waals surface area contributed by atoms with Gasteiger partial charge in [-0.15, -0.1) is 0 Å². The van der Waals surface area contributed by atoms with Gasteiger partial charge in [0.1, 0.15) is 0 Å². The fourth-order valence-corrected chi connectivity index (χ4v) is 1.95. The number of aryl methyl sites for hydroxylation is 2. The van der Waals surface area contributed by atoms with Gasteiger partial charge in [0.05, 0.1) is 23.0 Å². The lowest BCUT2D eigenvalue weighted by molar-refractivity contribution is -0.125. The van der Waals surface area contributed by atoms with E-state index in [0.717, 1.165) is 0 Å². The van der Waals surface area contributed by atoms with Crippen LogP contribution >= 0.6 is 11.6 Å². The van der Waals surface area contributed by atoms with Crippen LogP contribution in [0.15, 0.2) is 0 Å². The van der Waals surface area contributed by atoms with Crippen molar-refractivity contribution in [2.75, 3.05) is 6.54 Å². The van der Waals surface area contributed by atoms with Crippen LogP contribution in [0.4, 0.5) is 17.6 Å². The third-order valence-corrected chi connectivity index (χ3v) is 3.10. The van der Waals surface area contributed by atoms with E-state index in [1.807, 2.05) is 13.8 Å². The molecule has 0 aromatic carbocycles. The van der Waals surface area contributed by atoms with Gasteiger partial charge < -0.3 is 5.32 Å². The molecule has 0 aliphatic rings. The van der Waals surface area contributed by atoms with Crippen molar-refractivity contribution in [2.24, 2.45) is 0 Å². The average Bonchev–Trinajstić information content (AvgIpc) is 2.66. The van der Waals surface area contributed by atoms with Crippen molar-refractivity contribution < 1.29 is 17.6 Å². The standard InChI is InChI=1S/C11H16ClF4N3/c1-3-7-9(12)8(19(4-2)18-7)5-17-6-11(15,16)10(13)14/h10,17H,3-6H2,1-2H3. The van der Waals surface area contributed by atoms with E-state index in [1.54, 1.807) is 4.68 Å². The smallest absolute Gasteiger partial charge is 0.305 e. The Kier molecular flexibility index (Phi) is 5.61. The SMILES string of the molecule is CCc1nn(CC)c(CNCC(F)(F)C(F)F)c1Cl. The number of hydrogen-bond donors (Lipinski definition) is 1. The summed E-state index contributed by atoms with van der Waals surface area (Å²) in [7, 11) is 0. The number of nitrogens with one attached hydrogen (secondary N) is 1. The van der Waals surface area contributed by atoms with Crippen LogP contribution in [0.25, 0.3) is 0 Å². The first-order chi connectivity index (χ1) is 8.83. The summed E-state index contributed by atoms with van der Waals surface area (Å²) in [6.07, 6.45) is -3.07. The Morgan fingerprint density at radius 3 is 2.47 bits per heavy atom. The van der Waals surface area contributed by atoms with Gasteiger partial charge in [-0.25, -0.2) is 8.78 Å². The fraction of sp³-hybridized carbons (Fsp3) is 0.727. The minimum atomic E-state index is -4.04. The zero-order valence-electron chi connectivity index (χ0n) is 10.7. The molecule has 0 amide bonds. The third-order valence-electron chi connectivity index (χ3n) is 2.67. The van der Waals surface area contributed by atoms with Crippen molar-refractivity contribution in [1.82, 2.24) is 15.1 Å². The summed E-state index contributed by atoms with van der Waals surface area (Å²) in [4.78, 5) is 0. The van der Waals surface area contributed by atoms with Gasteiger partial charge in [-0.3, -0.25) is 4.68 Å². The first-order valence-electron chi connectivity index (χ1n) is 5.94. The van der Waals surface area contributed by atoms with E-state index in [9.17, 15) is 17.6 Å². The second-order valence-electron chi connectivity index (χ2n) is 4.04. The maximum Gasteiger partial charge on any atom is 0.319 e. The molecule has 0 bridgehead atoms. The van der Waals surface area contributed by atoms with E-state index in [-0.39, 0.29) is 6.54 Å². The molecule has 0 fully saturated rings. The molecule has 0 saturated carbocycles. The molecule has 1 rings (SSSR count). The molecule has 0 radical (unpaired) electrons. The number of rotatable bonds is 7. The Hall–Kier alpha value is -0.820. The predicted octanol–water partition coefficient (Wildman–Crippen LogP) is 3.11. The van der Waals surface area contributed by atoms with Gasteiger partial charge >= 0.3 is 12.3 Å². The van der Waals surface area contributed by atoms with Crippen LogP contribution in [0, 0.1) is 0 Å². The Balaban J connectivity index is 2.70. The van der Waals surface area contributed by atoms with Crippen LogP contribution in [0.1, 0.15) is 25.2 Å². The van der Waals surface area contributed by atoms with E-state index >= 15 is 0 Å². The van der Waals surface area contributed by atoms with Crippen LogP contribution in [0.2, 0.25) is 5.02 Å². The summed E-state index contributed by atoms with van der Waals surface area (Å²) in [5, 5.41) is 6.91. The highest BCUT2D eigenvalue weighted by Gasteiger charge is 2.40. The van der Waals surface area contributed by atoms with Crippen LogP contribution in [-0.2, 0) is 19.5 Å². The van der Waals surface area contributed by atoms with Gasteiger partial charge in [0.2, 0.25) is 0 Å². The maximum atomic E-state index is 12.7. The van der Waals surface area contributed by atoms with Crippen molar-refractivity contribution in [3.63, 3.8) is 0 Å². The molecule has 0 saturated heterocycles. The topological polar surface area (TPSA) is 29.9 Å². The van der Waals surface area contributed by atoms with Crippen LogP contribution in [0.5, 0.6) is 0 Å². The number of aromatic nitrogens is 2. The first kappa shape index (κ1) is 16.2. The van der Waals surface area contributed by atoms with Crippen molar-refractivity contribution in [3.8, 4) is 0 Å². The Morgan fingerprint density at radius 2 is 2.00 bits per heavy atom. The zero-order valence-corrected chi connectivity index (χ0v) is 11.4. The van der Waals surface area contributed by atoms with Gasteiger partial charge in [0.25, 0.3) is 0 Å². The second kappa shape index (κ2) is 6.56. The number of hydrogen-bond acceptors (Lipinski definition) is 2. The fourth-order valence-electron chi connectivity index (χ4n) is 1.61. The van der Waals surface area contributed by atoms with Crippen molar-refractivity contribution in [3.05, 3.63) is 16.4 Å². The lowest BCUT2D eigenvalue weighted by Crippen LogP contribution is -2.38. The summed E-state index contributed by atoms with van der Waals surface area (Å²) in [6, 6.07) is 0. The summed E-state index contributed by atoms with van der Waals surface area (Å²) in [6.45, 7) is 3.11. The highest BCUT2D eigenvalue weighted by atomic mass is 35.5. The van der Waals surface area contributed by atoms with E-state index in [2.05, 4.69) is 10.4 Å². The van der Waals surface area contributed by atoms with Crippen molar-refractivity contribution in [1.29, 1.82) is 0 Å². The molecule has 8 heteroatoms. The average molecular weight is 302 g/mol. The van der Waals surface area contributed by atoms with E-state index in [4.69, 9.17) is 11.6 Å². The molecule has 0 atom stereocenters. The van der Waals surface area contributed by atoms with Gasteiger partial charge in [0, 0.05) is 13.1 Å². The molecule has 0 unspecified atom stereocenters. The summed E-state index contributed by atoms with van der Waals surface area (Å²) in [5.74, 6) is -4.04. The molecular formula is C11H16ClF4N3. The third kappa shape index (κ3) is 3.82. The van der Waals surface area contributed by atoms with Crippen molar-refractivity contribution >= 4 is 11.6 Å². The summed E-state index contributed by atoms with van der Waals surface area (Å²) >= 11 is 6.06. The lowest BCUT2D eigenvalue weighted by atomic mass is 10.3. The number of halogens is 5. The van der Waals surface area contributed by atoms with Gasteiger partial charge in [-0.2, -0.15) is 13.9 Å². The van der Waals surface area contributed by atoms with Gasteiger partial charge in [-0.1, -0.05) is 18.5 Å².